The van der Waals surface area contributed by atoms with Gasteiger partial charge < -0.3 is 4.74 Å². The molecule has 0 aromatic heterocycles. The molecule has 4 heteroatoms. The molecule has 0 bridgehead atoms. The zero-order valence-corrected chi connectivity index (χ0v) is 14.5. The first-order valence-corrected chi connectivity index (χ1v) is 10.00. The Hall–Kier alpha value is -1.03. The molecule has 0 fully saturated rings. The van der Waals surface area contributed by atoms with Crippen molar-refractivity contribution in [3.63, 3.8) is 0 Å². The van der Waals surface area contributed by atoms with Crippen LogP contribution in [0.2, 0.25) is 0 Å². The van der Waals surface area contributed by atoms with E-state index in [0.29, 0.717) is 17.9 Å². The maximum absolute atomic E-state index is 12.2. The first kappa shape index (κ1) is 19.0. The van der Waals surface area contributed by atoms with Gasteiger partial charge in [-0.2, -0.15) is 0 Å². The van der Waals surface area contributed by atoms with Crippen LogP contribution in [0.15, 0.2) is 29.2 Å². The van der Waals surface area contributed by atoms with Crippen LogP contribution in [0.1, 0.15) is 58.3 Å². The highest BCUT2D eigenvalue weighted by Crippen LogP contribution is 2.18. The van der Waals surface area contributed by atoms with Crippen molar-refractivity contribution >= 4 is 9.84 Å². The fourth-order valence-corrected chi connectivity index (χ4v) is 3.60. The molecule has 0 N–H and O–H groups in total. The Labute approximate surface area is 136 Å². The summed E-state index contributed by atoms with van der Waals surface area (Å²) in [6, 6.07) is 6.81. The van der Waals surface area contributed by atoms with Crippen molar-refractivity contribution in [3.05, 3.63) is 31.2 Å². The van der Waals surface area contributed by atoms with Crippen molar-refractivity contribution in [1.29, 1.82) is 0 Å². The zero-order valence-electron chi connectivity index (χ0n) is 13.7. The van der Waals surface area contributed by atoms with Gasteiger partial charge in [-0.05, 0) is 37.1 Å². The van der Waals surface area contributed by atoms with E-state index in [1.807, 2.05) is 0 Å². The molecule has 3 nitrogen and oxygen atoms in total. The largest absolute Gasteiger partial charge is 0.494 e. The van der Waals surface area contributed by atoms with Gasteiger partial charge in [0.2, 0.25) is 0 Å². The monoisotopic (exact) mass is 325 g/mol. The van der Waals surface area contributed by atoms with Gasteiger partial charge in [0, 0.05) is 0 Å². The standard InChI is InChI=1S/C18H29O3S/c1-3-5-7-9-15-21-17-11-13-18(14-12-17)22(19,20)16-10-8-6-4-2/h11-14H,2-10,15-16H2,1H3. The van der Waals surface area contributed by atoms with Gasteiger partial charge in [-0.25, -0.2) is 8.42 Å². The van der Waals surface area contributed by atoms with E-state index >= 15 is 0 Å². The minimum Gasteiger partial charge on any atom is -0.494 e. The summed E-state index contributed by atoms with van der Waals surface area (Å²) < 4.78 is 30.0. The first-order valence-electron chi connectivity index (χ1n) is 8.35. The lowest BCUT2D eigenvalue weighted by Crippen LogP contribution is -2.07. The summed E-state index contributed by atoms with van der Waals surface area (Å²) >= 11 is 0. The van der Waals surface area contributed by atoms with Crippen LogP contribution >= 0.6 is 0 Å². The first-order chi connectivity index (χ1) is 10.6. The molecule has 22 heavy (non-hydrogen) atoms. The highest BCUT2D eigenvalue weighted by molar-refractivity contribution is 7.91. The van der Waals surface area contributed by atoms with Crippen molar-refractivity contribution in [1.82, 2.24) is 0 Å². The van der Waals surface area contributed by atoms with E-state index in [-0.39, 0.29) is 5.75 Å². The second kappa shape index (κ2) is 10.7. The Morgan fingerprint density at radius 1 is 0.955 bits per heavy atom. The van der Waals surface area contributed by atoms with Crippen LogP contribution in [0.4, 0.5) is 0 Å². The molecule has 1 aromatic rings. The van der Waals surface area contributed by atoms with E-state index in [2.05, 4.69) is 13.8 Å². The van der Waals surface area contributed by atoms with Gasteiger partial charge in [0.25, 0.3) is 0 Å². The number of ether oxygens (including phenoxy) is 1. The third-order valence-electron chi connectivity index (χ3n) is 3.61. The minimum atomic E-state index is -3.17. The van der Waals surface area contributed by atoms with Crippen molar-refractivity contribution in [3.8, 4) is 5.75 Å². The Bertz CT molecular complexity index is 492. The Kier molecular flexibility index (Phi) is 9.21. The summed E-state index contributed by atoms with van der Waals surface area (Å²) in [5.41, 5.74) is 0. The molecule has 0 unspecified atom stereocenters. The van der Waals surface area contributed by atoms with E-state index < -0.39 is 9.84 Å². The average molecular weight is 325 g/mol. The van der Waals surface area contributed by atoms with Crippen LogP contribution in [0.5, 0.6) is 5.75 Å². The lowest BCUT2D eigenvalue weighted by molar-refractivity contribution is 0.305. The summed E-state index contributed by atoms with van der Waals surface area (Å²) in [5.74, 6) is 0.956. The topological polar surface area (TPSA) is 43.4 Å². The normalized spacial score (nSPS) is 11.5. The average Bonchev–Trinajstić information content (AvgIpc) is 2.52. The number of rotatable bonds is 12. The molecule has 0 saturated carbocycles. The molecular formula is C18H29O3S. The molecule has 1 radical (unpaired) electrons. The Morgan fingerprint density at radius 2 is 1.64 bits per heavy atom. The lowest BCUT2D eigenvalue weighted by atomic mass is 10.2. The summed E-state index contributed by atoms with van der Waals surface area (Å²) in [6.45, 7) is 6.64. The van der Waals surface area contributed by atoms with Crippen LogP contribution in [-0.4, -0.2) is 20.8 Å². The van der Waals surface area contributed by atoms with E-state index in [0.717, 1.165) is 31.4 Å². The van der Waals surface area contributed by atoms with Crippen LogP contribution in [0, 0.1) is 6.92 Å². The number of hydrogen-bond donors (Lipinski definition) is 0. The fourth-order valence-electron chi connectivity index (χ4n) is 2.23. The molecular weight excluding hydrogens is 296 g/mol. The predicted molar refractivity (Wildman–Crippen MR) is 92.0 cm³/mol. The smallest absolute Gasteiger partial charge is 0.178 e. The second-order valence-electron chi connectivity index (χ2n) is 5.61. The highest BCUT2D eigenvalue weighted by Gasteiger charge is 2.13. The van der Waals surface area contributed by atoms with Gasteiger partial charge in [-0.15, -0.1) is 0 Å². The van der Waals surface area contributed by atoms with Crippen LogP contribution in [-0.2, 0) is 9.84 Å². The third kappa shape index (κ3) is 7.30. The quantitative estimate of drug-likeness (QED) is 0.518. The van der Waals surface area contributed by atoms with Gasteiger partial charge in [0.1, 0.15) is 5.75 Å². The molecule has 0 atom stereocenters. The fraction of sp³-hybridized carbons (Fsp3) is 0.611. The molecule has 0 spiro atoms. The van der Waals surface area contributed by atoms with E-state index in [4.69, 9.17) is 4.74 Å². The van der Waals surface area contributed by atoms with Crippen molar-refractivity contribution in [2.75, 3.05) is 12.4 Å². The van der Waals surface area contributed by atoms with E-state index in [9.17, 15) is 8.42 Å². The number of unbranched alkanes of at least 4 members (excludes halogenated alkanes) is 6. The van der Waals surface area contributed by atoms with Crippen LogP contribution < -0.4 is 4.74 Å². The summed E-state index contributed by atoms with van der Waals surface area (Å²) in [7, 11) is -3.17. The molecule has 0 amide bonds. The van der Waals surface area contributed by atoms with E-state index in [1.165, 1.54) is 19.3 Å². The lowest BCUT2D eigenvalue weighted by Gasteiger charge is -2.08. The second-order valence-corrected chi connectivity index (χ2v) is 7.72. The van der Waals surface area contributed by atoms with E-state index in [1.54, 1.807) is 24.3 Å². The van der Waals surface area contributed by atoms with Crippen molar-refractivity contribution in [2.24, 2.45) is 0 Å². The number of hydrogen-bond acceptors (Lipinski definition) is 3. The van der Waals surface area contributed by atoms with Gasteiger partial charge in [-0.3, -0.25) is 0 Å². The summed E-state index contributed by atoms with van der Waals surface area (Å²) in [6.07, 6.45) is 8.13. The molecule has 0 heterocycles. The van der Waals surface area contributed by atoms with Crippen molar-refractivity contribution in [2.45, 2.75) is 63.2 Å². The highest BCUT2D eigenvalue weighted by atomic mass is 32.2. The minimum absolute atomic E-state index is 0.213. The molecule has 1 aromatic carbocycles. The Morgan fingerprint density at radius 3 is 2.27 bits per heavy atom. The molecule has 125 valence electrons. The summed E-state index contributed by atoms with van der Waals surface area (Å²) in [5, 5.41) is 0. The molecule has 0 aliphatic heterocycles. The molecule has 0 aliphatic carbocycles. The van der Waals surface area contributed by atoms with Gasteiger partial charge >= 0.3 is 0 Å². The SMILES string of the molecule is [CH2]CCCCCS(=O)(=O)c1ccc(OCCCCCC)cc1. The van der Waals surface area contributed by atoms with Gasteiger partial charge in [0.15, 0.2) is 9.84 Å². The van der Waals surface area contributed by atoms with Crippen LogP contribution in [0.25, 0.3) is 0 Å². The van der Waals surface area contributed by atoms with Gasteiger partial charge in [0.05, 0.1) is 17.3 Å². The maximum Gasteiger partial charge on any atom is 0.178 e. The zero-order chi connectivity index (χ0) is 16.3. The maximum atomic E-state index is 12.2. The molecule has 1 rings (SSSR count). The van der Waals surface area contributed by atoms with Gasteiger partial charge in [-0.1, -0.05) is 52.4 Å². The third-order valence-corrected chi connectivity index (χ3v) is 5.43. The predicted octanol–water partition coefficient (Wildman–Crippen LogP) is 4.81. The number of benzene rings is 1. The molecule has 0 saturated heterocycles. The Balaban J connectivity index is 2.42. The van der Waals surface area contributed by atoms with Crippen molar-refractivity contribution < 1.29 is 13.2 Å². The number of sulfone groups is 1. The molecule has 0 aliphatic rings. The van der Waals surface area contributed by atoms with Crippen LogP contribution in [0.3, 0.4) is 0 Å². The summed E-state index contributed by atoms with van der Waals surface area (Å²) in [4.78, 5) is 0.389.